The minimum Gasteiger partial charge on any atom is -0.466 e. The number of hydrogen-bond donors (Lipinski definition) is 0. The van der Waals surface area contributed by atoms with Crippen molar-refractivity contribution in [3.8, 4) is 0 Å². The molecule has 2 heteroatoms. The van der Waals surface area contributed by atoms with Gasteiger partial charge in [0.05, 0.1) is 7.11 Å². The summed E-state index contributed by atoms with van der Waals surface area (Å²) >= 11 is 0. The van der Waals surface area contributed by atoms with E-state index in [1.165, 1.54) is 31.9 Å². The van der Waals surface area contributed by atoms with E-state index in [-0.39, 0.29) is 5.97 Å². The maximum Gasteiger partial charge on any atom is 0.333 e. The van der Waals surface area contributed by atoms with E-state index in [4.69, 9.17) is 4.74 Å². The molecule has 0 spiro atoms. The van der Waals surface area contributed by atoms with Crippen LogP contribution in [0.3, 0.4) is 0 Å². The van der Waals surface area contributed by atoms with Crippen molar-refractivity contribution in [3.05, 3.63) is 23.3 Å². The highest BCUT2D eigenvalue weighted by Gasteiger charge is 2.26. The number of fused-ring (bicyclic) bond motifs is 1. The zero-order valence-electron chi connectivity index (χ0n) is 7.88. The Bertz CT molecular complexity index is 286. The van der Waals surface area contributed by atoms with Crippen LogP contribution < -0.4 is 0 Å². The molecule has 2 rings (SSSR count). The monoisotopic (exact) mass is 178 g/mol. The van der Waals surface area contributed by atoms with E-state index in [1.807, 2.05) is 6.08 Å². The summed E-state index contributed by atoms with van der Waals surface area (Å²) in [5.74, 6) is 0.460. The third kappa shape index (κ3) is 1.53. The van der Waals surface area contributed by atoms with Gasteiger partial charge in [0.15, 0.2) is 0 Å². The third-order valence-electron chi connectivity index (χ3n) is 2.95. The van der Waals surface area contributed by atoms with Crippen LogP contribution >= 0.6 is 0 Å². The fourth-order valence-electron chi connectivity index (χ4n) is 2.22. The highest BCUT2D eigenvalue weighted by atomic mass is 16.5. The van der Waals surface area contributed by atoms with Crippen LogP contribution in [-0.2, 0) is 9.53 Å². The molecule has 0 amide bonds. The molecule has 0 aromatic heterocycles. The molecule has 0 aromatic carbocycles. The van der Waals surface area contributed by atoms with Gasteiger partial charge in [-0.05, 0) is 31.6 Å². The van der Waals surface area contributed by atoms with E-state index in [0.717, 1.165) is 12.0 Å². The fourth-order valence-corrected chi connectivity index (χ4v) is 2.22. The normalized spacial score (nSPS) is 26.1. The summed E-state index contributed by atoms with van der Waals surface area (Å²) in [5.41, 5.74) is 2.35. The Balaban J connectivity index is 2.14. The average molecular weight is 178 g/mol. The van der Waals surface area contributed by atoms with Gasteiger partial charge in [-0.15, -0.1) is 0 Å². The lowest BCUT2D eigenvalue weighted by Crippen LogP contribution is -2.11. The van der Waals surface area contributed by atoms with E-state index < -0.39 is 0 Å². The van der Waals surface area contributed by atoms with Crippen LogP contribution in [-0.4, -0.2) is 13.1 Å². The topological polar surface area (TPSA) is 26.3 Å². The zero-order valence-corrected chi connectivity index (χ0v) is 7.88. The smallest absolute Gasteiger partial charge is 0.333 e. The van der Waals surface area contributed by atoms with Gasteiger partial charge in [-0.3, -0.25) is 0 Å². The Morgan fingerprint density at radius 1 is 1.54 bits per heavy atom. The molecule has 1 unspecified atom stereocenters. The summed E-state index contributed by atoms with van der Waals surface area (Å²) in [6, 6.07) is 0. The number of carbonyl (C=O) groups is 1. The molecular formula is C11H14O2. The zero-order chi connectivity index (χ0) is 9.26. The number of ether oxygens (including phenoxy) is 1. The molecule has 0 heterocycles. The van der Waals surface area contributed by atoms with Crippen molar-refractivity contribution in [1.82, 2.24) is 0 Å². The molecule has 0 bridgehead atoms. The summed E-state index contributed by atoms with van der Waals surface area (Å²) in [6.07, 6.45) is 8.64. The molecule has 0 aromatic rings. The van der Waals surface area contributed by atoms with Gasteiger partial charge in [-0.1, -0.05) is 17.7 Å². The van der Waals surface area contributed by atoms with Crippen molar-refractivity contribution < 1.29 is 9.53 Å². The molecule has 13 heavy (non-hydrogen) atoms. The van der Waals surface area contributed by atoms with Gasteiger partial charge in [-0.2, -0.15) is 0 Å². The average Bonchev–Trinajstić information content (AvgIpc) is 2.63. The minimum atomic E-state index is -0.165. The van der Waals surface area contributed by atoms with Crippen LogP contribution in [0.2, 0.25) is 0 Å². The molecule has 0 aliphatic heterocycles. The first-order valence-electron chi connectivity index (χ1n) is 4.79. The lowest BCUT2D eigenvalue weighted by molar-refractivity contribution is -0.136. The van der Waals surface area contributed by atoms with Crippen molar-refractivity contribution >= 4 is 5.97 Å². The first-order chi connectivity index (χ1) is 6.31. The number of allylic oxidation sites excluding steroid dienone is 3. The van der Waals surface area contributed by atoms with Crippen molar-refractivity contribution in [2.75, 3.05) is 7.11 Å². The third-order valence-corrected chi connectivity index (χ3v) is 2.95. The maximum atomic E-state index is 11.2. The lowest BCUT2D eigenvalue weighted by Gasteiger charge is -2.17. The number of esters is 1. The second kappa shape index (κ2) is 3.36. The number of carbonyl (C=O) groups excluding carboxylic acids is 1. The SMILES string of the molecule is COC(=O)C1=CC=C2CCCC2C1. The molecule has 1 saturated carbocycles. The molecule has 1 fully saturated rings. The quantitative estimate of drug-likeness (QED) is 0.575. The van der Waals surface area contributed by atoms with Gasteiger partial charge in [0, 0.05) is 5.57 Å². The second-order valence-corrected chi connectivity index (χ2v) is 3.72. The minimum absolute atomic E-state index is 0.165. The molecule has 1 atom stereocenters. The standard InChI is InChI=1S/C11H14O2/c1-13-11(12)10-6-5-8-3-2-4-9(8)7-10/h5-6,9H,2-4,7H2,1H3. The Morgan fingerprint density at radius 3 is 3.15 bits per heavy atom. The molecule has 0 N–H and O–H groups in total. The Hall–Kier alpha value is -1.05. The van der Waals surface area contributed by atoms with Crippen LogP contribution in [0.5, 0.6) is 0 Å². The molecule has 2 nitrogen and oxygen atoms in total. The van der Waals surface area contributed by atoms with E-state index >= 15 is 0 Å². The first kappa shape index (κ1) is 8.54. The second-order valence-electron chi connectivity index (χ2n) is 3.72. The van der Waals surface area contributed by atoms with Gasteiger partial charge < -0.3 is 4.74 Å². The van der Waals surface area contributed by atoms with Gasteiger partial charge in [0.25, 0.3) is 0 Å². The Kier molecular flexibility index (Phi) is 2.21. The van der Waals surface area contributed by atoms with E-state index in [9.17, 15) is 4.79 Å². The van der Waals surface area contributed by atoms with Crippen LogP contribution in [0.25, 0.3) is 0 Å². The van der Waals surface area contributed by atoms with Gasteiger partial charge in [0.2, 0.25) is 0 Å². The lowest BCUT2D eigenvalue weighted by atomic mass is 9.89. The van der Waals surface area contributed by atoms with Crippen LogP contribution in [0.4, 0.5) is 0 Å². The highest BCUT2D eigenvalue weighted by molar-refractivity contribution is 5.89. The van der Waals surface area contributed by atoms with Crippen LogP contribution in [0.1, 0.15) is 25.7 Å². The summed E-state index contributed by atoms with van der Waals surface area (Å²) in [4.78, 5) is 11.2. The van der Waals surface area contributed by atoms with Crippen LogP contribution in [0.15, 0.2) is 23.3 Å². The van der Waals surface area contributed by atoms with Gasteiger partial charge >= 0.3 is 5.97 Å². The molecule has 2 aliphatic rings. The van der Waals surface area contributed by atoms with Crippen LogP contribution in [0, 0.1) is 5.92 Å². The first-order valence-corrected chi connectivity index (χ1v) is 4.79. The summed E-state index contributed by atoms with van der Waals surface area (Å²) in [7, 11) is 1.44. The largest absolute Gasteiger partial charge is 0.466 e. The van der Waals surface area contributed by atoms with E-state index in [2.05, 4.69) is 6.08 Å². The van der Waals surface area contributed by atoms with Crippen molar-refractivity contribution in [2.45, 2.75) is 25.7 Å². The van der Waals surface area contributed by atoms with Crippen molar-refractivity contribution in [3.63, 3.8) is 0 Å². The molecule has 0 radical (unpaired) electrons. The Labute approximate surface area is 78.3 Å². The summed E-state index contributed by atoms with van der Waals surface area (Å²) in [5, 5.41) is 0. The van der Waals surface area contributed by atoms with Crippen molar-refractivity contribution in [1.29, 1.82) is 0 Å². The van der Waals surface area contributed by atoms with Gasteiger partial charge in [0.1, 0.15) is 0 Å². The molecule has 70 valence electrons. The summed E-state index contributed by atoms with van der Waals surface area (Å²) in [6.45, 7) is 0. The summed E-state index contributed by atoms with van der Waals surface area (Å²) < 4.78 is 4.70. The number of methoxy groups -OCH3 is 1. The predicted octanol–water partition coefficient (Wildman–Crippen LogP) is 2.22. The molecule has 0 saturated heterocycles. The number of rotatable bonds is 1. The number of hydrogen-bond acceptors (Lipinski definition) is 2. The predicted molar refractivity (Wildman–Crippen MR) is 50.1 cm³/mol. The molecular weight excluding hydrogens is 164 g/mol. The van der Waals surface area contributed by atoms with E-state index in [1.54, 1.807) is 0 Å². The van der Waals surface area contributed by atoms with E-state index in [0.29, 0.717) is 5.92 Å². The van der Waals surface area contributed by atoms with Gasteiger partial charge in [-0.25, -0.2) is 4.79 Å². The Morgan fingerprint density at radius 2 is 2.38 bits per heavy atom. The maximum absolute atomic E-state index is 11.2. The van der Waals surface area contributed by atoms with Crippen molar-refractivity contribution in [2.24, 2.45) is 5.92 Å². The fraction of sp³-hybridized carbons (Fsp3) is 0.545. The highest BCUT2D eigenvalue weighted by Crippen LogP contribution is 2.38. The molecule has 2 aliphatic carbocycles.